The number of rotatable bonds is 6. The lowest BCUT2D eigenvalue weighted by Gasteiger charge is -2.32. The van der Waals surface area contributed by atoms with E-state index in [1.54, 1.807) is 0 Å². The van der Waals surface area contributed by atoms with E-state index in [9.17, 15) is 0 Å². The predicted octanol–water partition coefficient (Wildman–Crippen LogP) is 6.02. The number of fused-ring (bicyclic) bond motifs is 1. The summed E-state index contributed by atoms with van der Waals surface area (Å²) in [6, 6.07) is 17.0. The number of aromatic nitrogens is 1. The number of hydrogen-bond acceptors (Lipinski definition) is 1. The number of H-pyrrole nitrogens is 1. The van der Waals surface area contributed by atoms with E-state index >= 15 is 0 Å². The summed E-state index contributed by atoms with van der Waals surface area (Å²) in [4.78, 5) is 6.02. The van der Waals surface area contributed by atoms with Gasteiger partial charge in [-0.15, -0.1) is 0 Å². The monoisotopic (exact) mass is 366 g/mol. The maximum Gasteiger partial charge on any atom is 0.0456 e. The van der Waals surface area contributed by atoms with Crippen molar-refractivity contribution >= 4 is 22.5 Å². The Labute approximate surface area is 161 Å². The number of nitrogens with one attached hydrogen (secondary N) is 1. The zero-order valence-corrected chi connectivity index (χ0v) is 16.0. The molecule has 3 aromatic rings. The minimum Gasteiger partial charge on any atom is -0.361 e. The number of aryl methyl sites for hydroxylation is 1. The molecule has 136 valence electrons. The predicted molar refractivity (Wildman–Crippen MR) is 111 cm³/mol. The Bertz CT molecular complexity index is 846. The van der Waals surface area contributed by atoms with Crippen molar-refractivity contribution in [3.63, 3.8) is 0 Å². The standard InChI is InChI=1S/C23H27ClN2/c24-21-8-5-7-19(16-21)18-11-14-26(15-12-18)13-4-3-6-20-17-25-23-10-2-1-9-22(20)23/h1-2,5,7-10,16-18,25H,3-4,6,11-15H2. The number of halogens is 1. The highest BCUT2D eigenvalue weighted by Crippen LogP contribution is 2.29. The van der Waals surface area contributed by atoms with E-state index < -0.39 is 0 Å². The van der Waals surface area contributed by atoms with Gasteiger partial charge in [0.25, 0.3) is 0 Å². The number of piperidine rings is 1. The first kappa shape index (κ1) is 17.6. The smallest absolute Gasteiger partial charge is 0.0456 e. The van der Waals surface area contributed by atoms with Crippen molar-refractivity contribution < 1.29 is 0 Å². The van der Waals surface area contributed by atoms with Gasteiger partial charge in [-0.3, -0.25) is 0 Å². The first-order chi connectivity index (χ1) is 12.8. The maximum atomic E-state index is 6.14. The highest BCUT2D eigenvalue weighted by Gasteiger charge is 2.20. The quantitative estimate of drug-likeness (QED) is 0.528. The van der Waals surface area contributed by atoms with Gasteiger partial charge in [-0.2, -0.15) is 0 Å². The van der Waals surface area contributed by atoms with Gasteiger partial charge in [0.15, 0.2) is 0 Å². The average Bonchev–Trinajstić information content (AvgIpc) is 3.09. The zero-order valence-electron chi connectivity index (χ0n) is 15.3. The van der Waals surface area contributed by atoms with E-state index in [0.29, 0.717) is 5.92 Å². The van der Waals surface area contributed by atoms with Gasteiger partial charge in [-0.25, -0.2) is 0 Å². The van der Waals surface area contributed by atoms with Crippen LogP contribution in [0, 0.1) is 0 Å². The zero-order chi connectivity index (χ0) is 17.8. The number of likely N-dealkylation sites (tertiary alicyclic amines) is 1. The largest absolute Gasteiger partial charge is 0.361 e. The molecule has 1 fully saturated rings. The van der Waals surface area contributed by atoms with E-state index in [1.165, 1.54) is 73.8 Å². The molecule has 2 heterocycles. The van der Waals surface area contributed by atoms with Crippen molar-refractivity contribution in [2.75, 3.05) is 19.6 Å². The number of nitrogens with zero attached hydrogens (tertiary/aromatic N) is 1. The third-order valence-electron chi connectivity index (χ3n) is 5.75. The van der Waals surface area contributed by atoms with Gasteiger partial charge < -0.3 is 9.88 Å². The molecule has 1 saturated heterocycles. The molecule has 0 amide bonds. The fraction of sp³-hybridized carbons (Fsp3) is 0.391. The van der Waals surface area contributed by atoms with Crippen LogP contribution in [0.25, 0.3) is 10.9 Å². The molecule has 2 aromatic carbocycles. The van der Waals surface area contributed by atoms with Crippen LogP contribution >= 0.6 is 11.6 Å². The van der Waals surface area contributed by atoms with E-state index in [4.69, 9.17) is 11.6 Å². The summed E-state index contributed by atoms with van der Waals surface area (Å²) >= 11 is 6.14. The Kier molecular flexibility index (Phi) is 5.62. The lowest BCUT2D eigenvalue weighted by atomic mass is 9.89. The summed E-state index contributed by atoms with van der Waals surface area (Å²) in [5.74, 6) is 0.677. The summed E-state index contributed by atoms with van der Waals surface area (Å²) in [7, 11) is 0. The van der Waals surface area contributed by atoms with E-state index in [-0.39, 0.29) is 0 Å². The molecule has 26 heavy (non-hydrogen) atoms. The lowest BCUT2D eigenvalue weighted by Crippen LogP contribution is -2.33. The van der Waals surface area contributed by atoms with Crippen molar-refractivity contribution in [3.8, 4) is 0 Å². The second-order valence-corrected chi connectivity index (χ2v) is 7.92. The minimum atomic E-state index is 0.677. The van der Waals surface area contributed by atoms with Crippen molar-refractivity contribution in [1.82, 2.24) is 9.88 Å². The van der Waals surface area contributed by atoms with Crippen molar-refractivity contribution in [3.05, 3.63) is 70.9 Å². The number of unbranched alkanes of at least 4 members (excludes halogenated alkanes) is 1. The van der Waals surface area contributed by atoms with Crippen molar-refractivity contribution in [1.29, 1.82) is 0 Å². The van der Waals surface area contributed by atoms with Crippen LogP contribution in [-0.4, -0.2) is 29.5 Å². The fourth-order valence-electron chi connectivity index (χ4n) is 4.24. The van der Waals surface area contributed by atoms with Gasteiger partial charge in [-0.05, 0) is 87.0 Å². The van der Waals surface area contributed by atoms with Crippen LogP contribution in [0.3, 0.4) is 0 Å². The average molecular weight is 367 g/mol. The molecule has 0 unspecified atom stereocenters. The van der Waals surface area contributed by atoms with Crippen LogP contribution in [-0.2, 0) is 6.42 Å². The Hall–Kier alpha value is -1.77. The Morgan fingerprint density at radius 2 is 1.85 bits per heavy atom. The van der Waals surface area contributed by atoms with Crippen LogP contribution in [0.15, 0.2) is 54.7 Å². The molecular formula is C23H27ClN2. The molecule has 1 N–H and O–H groups in total. The number of aromatic amines is 1. The van der Waals surface area contributed by atoms with Crippen molar-refractivity contribution in [2.24, 2.45) is 0 Å². The van der Waals surface area contributed by atoms with Gasteiger partial charge in [0.05, 0.1) is 0 Å². The summed E-state index contributed by atoms with van der Waals surface area (Å²) in [6.07, 6.45) is 8.40. The molecular weight excluding hydrogens is 340 g/mol. The maximum absolute atomic E-state index is 6.14. The first-order valence-electron chi connectivity index (χ1n) is 9.82. The van der Waals surface area contributed by atoms with Crippen LogP contribution in [0.2, 0.25) is 5.02 Å². The van der Waals surface area contributed by atoms with Gasteiger partial charge in [0.2, 0.25) is 0 Å². The third-order valence-corrected chi connectivity index (χ3v) is 5.99. The molecule has 1 aliphatic rings. The SMILES string of the molecule is Clc1cccc(C2CCN(CCCCc3c[nH]c4ccccc34)CC2)c1. The van der Waals surface area contributed by atoms with Gasteiger partial charge in [0, 0.05) is 22.1 Å². The van der Waals surface area contributed by atoms with Crippen LogP contribution in [0.4, 0.5) is 0 Å². The van der Waals surface area contributed by atoms with Crippen LogP contribution < -0.4 is 0 Å². The molecule has 3 heteroatoms. The normalized spacial score (nSPS) is 16.3. The molecule has 4 rings (SSSR count). The molecule has 0 saturated carbocycles. The highest BCUT2D eigenvalue weighted by molar-refractivity contribution is 6.30. The number of hydrogen-bond donors (Lipinski definition) is 1. The summed E-state index contributed by atoms with van der Waals surface area (Å²) in [5.41, 5.74) is 4.13. The molecule has 1 aromatic heterocycles. The fourth-order valence-corrected chi connectivity index (χ4v) is 4.44. The molecule has 0 radical (unpaired) electrons. The molecule has 1 aliphatic heterocycles. The summed E-state index contributed by atoms with van der Waals surface area (Å²) in [6.45, 7) is 3.65. The van der Waals surface area contributed by atoms with Gasteiger partial charge in [-0.1, -0.05) is 41.9 Å². The van der Waals surface area contributed by atoms with Crippen molar-refractivity contribution in [2.45, 2.75) is 38.0 Å². The molecule has 0 atom stereocenters. The number of benzene rings is 2. The topological polar surface area (TPSA) is 19.0 Å². The molecule has 0 aliphatic carbocycles. The molecule has 0 spiro atoms. The first-order valence-corrected chi connectivity index (χ1v) is 10.2. The second-order valence-electron chi connectivity index (χ2n) is 7.49. The van der Waals surface area contributed by atoms with E-state index in [2.05, 4.69) is 58.5 Å². The second kappa shape index (κ2) is 8.28. The minimum absolute atomic E-state index is 0.677. The Balaban J connectivity index is 1.20. The number of para-hydroxylation sites is 1. The summed E-state index contributed by atoms with van der Waals surface area (Å²) in [5, 5.41) is 2.25. The Morgan fingerprint density at radius 3 is 2.69 bits per heavy atom. The highest BCUT2D eigenvalue weighted by atomic mass is 35.5. The van der Waals surface area contributed by atoms with E-state index in [1.807, 2.05) is 6.07 Å². The Morgan fingerprint density at radius 1 is 1.00 bits per heavy atom. The third kappa shape index (κ3) is 4.13. The molecule has 0 bridgehead atoms. The summed E-state index contributed by atoms with van der Waals surface area (Å²) < 4.78 is 0. The van der Waals surface area contributed by atoms with Crippen LogP contribution in [0.5, 0.6) is 0 Å². The van der Waals surface area contributed by atoms with Gasteiger partial charge in [0.1, 0.15) is 0 Å². The van der Waals surface area contributed by atoms with Gasteiger partial charge >= 0.3 is 0 Å². The van der Waals surface area contributed by atoms with Crippen LogP contribution in [0.1, 0.15) is 42.7 Å². The lowest BCUT2D eigenvalue weighted by molar-refractivity contribution is 0.209. The molecule has 2 nitrogen and oxygen atoms in total. The van der Waals surface area contributed by atoms with E-state index in [0.717, 1.165) is 5.02 Å².